The van der Waals surface area contributed by atoms with E-state index in [2.05, 4.69) is 15.5 Å². The molecule has 1 saturated heterocycles. The number of hydrogen-bond acceptors (Lipinski definition) is 8. The molecule has 0 aliphatic carbocycles. The number of nitrogens with zero attached hydrogens (tertiary/aromatic N) is 3. The molecule has 8 N–H and O–H groups in total. The predicted molar refractivity (Wildman–Crippen MR) is 101 cm³/mol. The second-order valence-corrected chi connectivity index (χ2v) is 7.08. The first-order valence-electron chi connectivity index (χ1n) is 9.70. The zero-order chi connectivity index (χ0) is 21.4. The number of aliphatic carboxylic acids is 1. The molecule has 3 atom stereocenters. The van der Waals surface area contributed by atoms with E-state index in [9.17, 15) is 19.5 Å². The van der Waals surface area contributed by atoms with Crippen molar-refractivity contribution < 1.29 is 24.0 Å². The van der Waals surface area contributed by atoms with E-state index in [-0.39, 0.29) is 18.7 Å². The summed E-state index contributed by atoms with van der Waals surface area (Å²) >= 11 is 0. The molecular weight excluding hydrogens is 382 g/mol. The van der Waals surface area contributed by atoms with Gasteiger partial charge < -0.3 is 37.0 Å². The van der Waals surface area contributed by atoms with Crippen molar-refractivity contribution >= 4 is 17.9 Å². The lowest BCUT2D eigenvalue weighted by Crippen LogP contribution is -2.47. The van der Waals surface area contributed by atoms with E-state index in [1.807, 2.05) is 0 Å². The minimum absolute atomic E-state index is 0.0203. The van der Waals surface area contributed by atoms with E-state index in [1.165, 1.54) is 4.90 Å². The summed E-state index contributed by atoms with van der Waals surface area (Å²) < 4.78 is 5.26. The molecule has 0 aromatic carbocycles. The number of likely N-dealkylation sites (tertiary alicyclic amines) is 1. The third-order valence-corrected chi connectivity index (χ3v) is 4.83. The Morgan fingerprint density at radius 2 is 2.07 bits per heavy atom. The molecular formula is C17H29N7O5. The molecule has 12 heteroatoms. The quantitative estimate of drug-likeness (QED) is 0.304. The molecule has 2 rings (SSSR count). The van der Waals surface area contributed by atoms with Crippen LogP contribution < -0.4 is 22.5 Å². The Balaban J connectivity index is 2.08. The number of primary amides is 1. The molecule has 2 heterocycles. The van der Waals surface area contributed by atoms with E-state index in [4.69, 9.17) is 21.7 Å². The van der Waals surface area contributed by atoms with Crippen molar-refractivity contribution in [3.05, 3.63) is 11.7 Å². The molecule has 12 nitrogen and oxygen atoms in total. The minimum Gasteiger partial charge on any atom is -0.480 e. The summed E-state index contributed by atoms with van der Waals surface area (Å²) in [5.41, 5.74) is 16.8. The zero-order valence-electron chi connectivity index (χ0n) is 16.2. The van der Waals surface area contributed by atoms with Crippen LogP contribution in [-0.2, 0) is 9.59 Å². The average molecular weight is 411 g/mol. The molecule has 1 aromatic rings. The van der Waals surface area contributed by atoms with E-state index < -0.39 is 36.0 Å². The SMILES string of the molecule is NCCCCC(N)c1noc(C(CCC(N)=O)NC(=O)N2CCC[C@H]2C(=O)O)n1. The van der Waals surface area contributed by atoms with Crippen LogP contribution in [0.5, 0.6) is 0 Å². The van der Waals surface area contributed by atoms with Crippen molar-refractivity contribution in [3.8, 4) is 0 Å². The normalized spacial score (nSPS) is 18.4. The molecule has 2 unspecified atom stereocenters. The maximum atomic E-state index is 12.6. The number of carboxylic acid groups (broad SMARTS) is 1. The van der Waals surface area contributed by atoms with Crippen molar-refractivity contribution in [2.75, 3.05) is 13.1 Å². The van der Waals surface area contributed by atoms with E-state index >= 15 is 0 Å². The van der Waals surface area contributed by atoms with Gasteiger partial charge in [-0.25, -0.2) is 9.59 Å². The fourth-order valence-corrected chi connectivity index (χ4v) is 3.22. The molecule has 0 spiro atoms. The number of carboxylic acids is 1. The van der Waals surface area contributed by atoms with Gasteiger partial charge in [-0.15, -0.1) is 0 Å². The summed E-state index contributed by atoms with van der Waals surface area (Å²) in [4.78, 5) is 40.7. The summed E-state index contributed by atoms with van der Waals surface area (Å²) in [7, 11) is 0. The topological polar surface area (TPSA) is 204 Å². The maximum absolute atomic E-state index is 12.6. The number of urea groups is 1. The molecule has 1 aliphatic rings. The lowest BCUT2D eigenvalue weighted by Gasteiger charge is -2.24. The number of carbonyl (C=O) groups is 3. The molecule has 3 amide bonds. The van der Waals surface area contributed by atoms with E-state index in [1.54, 1.807) is 0 Å². The lowest BCUT2D eigenvalue weighted by molar-refractivity contribution is -0.141. The number of hydrogen-bond donors (Lipinski definition) is 5. The van der Waals surface area contributed by atoms with Crippen LogP contribution in [0.4, 0.5) is 4.79 Å². The first-order chi connectivity index (χ1) is 13.8. The third kappa shape index (κ3) is 6.39. The fourth-order valence-electron chi connectivity index (χ4n) is 3.22. The average Bonchev–Trinajstić information content (AvgIpc) is 3.34. The first-order valence-corrected chi connectivity index (χ1v) is 9.70. The van der Waals surface area contributed by atoms with Crippen molar-refractivity contribution in [1.29, 1.82) is 0 Å². The Labute approximate surface area is 168 Å². The largest absolute Gasteiger partial charge is 0.480 e. The van der Waals surface area contributed by atoms with Gasteiger partial charge in [-0.3, -0.25) is 4.79 Å². The van der Waals surface area contributed by atoms with Crippen LogP contribution in [0.2, 0.25) is 0 Å². The van der Waals surface area contributed by atoms with Gasteiger partial charge in [0, 0.05) is 13.0 Å². The van der Waals surface area contributed by atoms with Crippen molar-refractivity contribution in [3.63, 3.8) is 0 Å². The highest BCUT2D eigenvalue weighted by Gasteiger charge is 2.35. The van der Waals surface area contributed by atoms with Crippen molar-refractivity contribution in [2.24, 2.45) is 17.2 Å². The van der Waals surface area contributed by atoms with Gasteiger partial charge in [-0.05, 0) is 38.6 Å². The summed E-state index contributed by atoms with van der Waals surface area (Å²) in [5.74, 6) is -1.23. The molecule has 1 aliphatic heterocycles. The van der Waals surface area contributed by atoms with Crippen molar-refractivity contribution in [1.82, 2.24) is 20.4 Å². The van der Waals surface area contributed by atoms with Gasteiger partial charge in [-0.1, -0.05) is 11.6 Å². The highest BCUT2D eigenvalue weighted by molar-refractivity contribution is 5.83. The number of aromatic nitrogens is 2. The van der Waals surface area contributed by atoms with E-state index in [0.717, 1.165) is 12.8 Å². The Morgan fingerprint density at radius 3 is 2.72 bits per heavy atom. The monoisotopic (exact) mass is 411 g/mol. The summed E-state index contributed by atoms with van der Waals surface area (Å²) in [6.07, 6.45) is 3.37. The number of unbranched alkanes of at least 4 members (excludes halogenated alkanes) is 1. The van der Waals surface area contributed by atoms with Crippen LogP contribution in [0.1, 0.15) is 68.7 Å². The molecule has 0 radical (unpaired) electrons. The number of nitrogens with one attached hydrogen (secondary N) is 1. The summed E-state index contributed by atoms with van der Waals surface area (Å²) in [6, 6.07) is -2.69. The molecule has 1 fully saturated rings. The van der Waals surface area contributed by atoms with Crippen LogP contribution >= 0.6 is 0 Å². The highest BCUT2D eigenvalue weighted by Crippen LogP contribution is 2.23. The lowest BCUT2D eigenvalue weighted by atomic mass is 10.1. The van der Waals surface area contributed by atoms with Gasteiger partial charge in [-0.2, -0.15) is 4.98 Å². The molecule has 162 valence electrons. The van der Waals surface area contributed by atoms with Crippen molar-refractivity contribution in [2.45, 2.75) is 63.1 Å². The standard InChI is InChI=1S/C17H29N7O5/c18-8-2-1-4-10(19)14-22-15(29-23-14)11(6-7-13(20)25)21-17(28)24-9-3-5-12(24)16(26)27/h10-12H,1-9,18-19H2,(H2,20,25)(H,21,28)(H,26,27)/t10?,11?,12-/m0/s1. The first kappa shape index (κ1) is 22.6. The predicted octanol–water partition coefficient (Wildman–Crippen LogP) is -0.236. The molecule has 29 heavy (non-hydrogen) atoms. The molecule has 0 bridgehead atoms. The van der Waals surface area contributed by atoms with Gasteiger partial charge in [0.25, 0.3) is 0 Å². The van der Waals surface area contributed by atoms with Crippen LogP contribution in [-0.4, -0.2) is 57.2 Å². The van der Waals surface area contributed by atoms with Crippen LogP contribution in [0.25, 0.3) is 0 Å². The number of carbonyl (C=O) groups excluding carboxylic acids is 2. The van der Waals surface area contributed by atoms with Gasteiger partial charge in [0.05, 0.1) is 6.04 Å². The Kier molecular flexibility index (Phi) is 8.34. The minimum atomic E-state index is -1.06. The Morgan fingerprint density at radius 1 is 1.31 bits per heavy atom. The van der Waals surface area contributed by atoms with Crippen LogP contribution in [0.15, 0.2) is 4.52 Å². The molecule has 1 aromatic heterocycles. The number of nitrogens with two attached hydrogens (primary N) is 3. The highest BCUT2D eigenvalue weighted by atomic mass is 16.5. The summed E-state index contributed by atoms with van der Waals surface area (Å²) in [6.45, 7) is 0.895. The fraction of sp³-hybridized carbons (Fsp3) is 0.706. The second-order valence-electron chi connectivity index (χ2n) is 7.08. The van der Waals surface area contributed by atoms with Gasteiger partial charge in [0.1, 0.15) is 12.1 Å². The molecule has 0 saturated carbocycles. The van der Waals surface area contributed by atoms with Crippen LogP contribution in [0.3, 0.4) is 0 Å². The van der Waals surface area contributed by atoms with Gasteiger partial charge in [0.2, 0.25) is 11.8 Å². The third-order valence-electron chi connectivity index (χ3n) is 4.83. The second kappa shape index (κ2) is 10.7. The number of amides is 3. The van der Waals surface area contributed by atoms with Crippen LogP contribution in [0, 0.1) is 0 Å². The number of rotatable bonds is 11. The van der Waals surface area contributed by atoms with E-state index in [0.29, 0.717) is 38.2 Å². The zero-order valence-corrected chi connectivity index (χ0v) is 16.2. The maximum Gasteiger partial charge on any atom is 0.326 e. The van der Waals surface area contributed by atoms with Gasteiger partial charge in [0.15, 0.2) is 5.82 Å². The van der Waals surface area contributed by atoms with Gasteiger partial charge >= 0.3 is 12.0 Å². The smallest absolute Gasteiger partial charge is 0.326 e. The Hall–Kier alpha value is -2.73. The summed E-state index contributed by atoms with van der Waals surface area (Å²) in [5, 5.41) is 15.8. The Bertz CT molecular complexity index is 710.